The van der Waals surface area contributed by atoms with Gasteiger partial charge in [-0.25, -0.2) is 0 Å². The number of hydrogen-bond donors (Lipinski definition) is 1. The van der Waals surface area contributed by atoms with E-state index in [1.54, 1.807) is 0 Å². The third-order valence-corrected chi connectivity index (χ3v) is 4.16. The summed E-state index contributed by atoms with van der Waals surface area (Å²) >= 11 is 0. The molecule has 1 aliphatic rings. The third kappa shape index (κ3) is 3.08. The molecule has 1 aromatic rings. The van der Waals surface area contributed by atoms with E-state index >= 15 is 0 Å². The largest absolute Gasteiger partial charge is 0.313 e. The number of aryl methyl sites for hydroxylation is 2. The van der Waals surface area contributed by atoms with Crippen molar-refractivity contribution in [2.75, 3.05) is 7.05 Å². The van der Waals surface area contributed by atoms with Crippen molar-refractivity contribution in [1.82, 2.24) is 15.5 Å². The average molecular weight is 247 g/mol. The van der Waals surface area contributed by atoms with Crippen LogP contribution in [-0.4, -0.2) is 17.2 Å². The molecular weight excluding hydrogens is 222 g/mol. The van der Waals surface area contributed by atoms with Gasteiger partial charge in [-0.1, -0.05) is 25.7 Å². The zero-order valence-corrected chi connectivity index (χ0v) is 11.9. The zero-order valence-electron chi connectivity index (χ0n) is 11.9. The van der Waals surface area contributed by atoms with E-state index in [1.807, 2.05) is 6.92 Å². The molecule has 2 rings (SSSR count). The van der Waals surface area contributed by atoms with Gasteiger partial charge in [0.2, 0.25) is 0 Å². The first kappa shape index (κ1) is 13.5. The SMILES string of the molecule is CNC(c1cc(C)nnc1C)C1CCCCCC1. The number of hydrogen-bond acceptors (Lipinski definition) is 3. The predicted molar refractivity (Wildman–Crippen MR) is 74.5 cm³/mol. The molecule has 0 aromatic carbocycles. The number of rotatable bonds is 3. The van der Waals surface area contributed by atoms with Crippen LogP contribution in [0.25, 0.3) is 0 Å². The minimum absolute atomic E-state index is 0.442. The van der Waals surface area contributed by atoms with Crippen molar-refractivity contribution < 1.29 is 0 Å². The summed E-state index contributed by atoms with van der Waals surface area (Å²) in [6.45, 7) is 4.10. The molecule has 1 saturated carbocycles. The fraction of sp³-hybridized carbons (Fsp3) is 0.733. The van der Waals surface area contributed by atoms with Gasteiger partial charge in [0.05, 0.1) is 11.4 Å². The Hall–Kier alpha value is -0.960. The van der Waals surface area contributed by atoms with Gasteiger partial charge in [-0.3, -0.25) is 0 Å². The monoisotopic (exact) mass is 247 g/mol. The maximum absolute atomic E-state index is 4.28. The first-order valence-electron chi connectivity index (χ1n) is 7.20. The predicted octanol–water partition coefficient (Wildman–Crippen LogP) is 3.32. The second-order valence-corrected chi connectivity index (χ2v) is 5.54. The maximum atomic E-state index is 4.28. The van der Waals surface area contributed by atoms with Crippen molar-refractivity contribution >= 4 is 0 Å². The van der Waals surface area contributed by atoms with E-state index in [-0.39, 0.29) is 0 Å². The van der Waals surface area contributed by atoms with Gasteiger partial charge in [0.25, 0.3) is 0 Å². The molecule has 0 spiro atoms. The van der Waals surface area contributed by atoms with Crippen molar-refractivity contribution in [2.45, 2.75) is 58.4 Å². The van der Waals surface area contributed by atoms with Crippen LogP contribution in [0.4, 0.5) is 0 Å². The molecule has 1 atom stereocenters. The van der Waals surface area contributed by atoms with Crippen LogP contribution in [0.5, 0.6) is 0 Å². The lowest BCUT2D eigenvalue weighted by Crippen LogP contribution is -2.26. The van der Waals surface area contributed by atoms with Crippen molar-refractivity contribution in [1.29, 1.82) is 0 Å². The smallest absolute Gasteiger partial charge is 0.0648 e. The highest BCUT2D eigenvalue weighted by Gasteiger charge is 2.24. The Balaban J connectivity index is 2.23. The van der Waals surface area contributed by atoms with Crippen molar-refractivity contribution in [3.8, 4) is 0 Å². The first-order chi connectivity index (χ1) is 8.72. The van der Waals surface area contributed by atoms with Gasteiger partial charge in [0.15, 0.2) is 0 Å². The molecule has 0 amide bonds. The standard InChI is InChI=1S/C15H25N3/c1-11-10-14(12(2)18-17-11)15(16-3)13-8-6-4-5-7-9-13/h10,13,15-16H,4-9H2,1-3H3. The second kappa shape index (κ2) is 6.28. The molecule has 0 saturated heterocycles. The summed E-state index contributed by atoms with van der Waals surface area (Å²) in [6, 6.07) is 2.64. The Labute approximate surface area is 110 Å². The van der Waals surface area contributed by atoms with E-state index in [4.69, 9.17) is 0 Å². The normalized spacial score (nSPS) is 19.5. The highest BCUT2D eigenvalue weighted by Crippen LogP contribution is 2.34. The Kier molecular flexibility index (Phi) is 4.70. The van der Waals surface area contributed by atoms with Crippen molar-refractivity contribution in [2.24, 2.45) is 5.92 Å². The van der Waals surface area contributed by atoms with Crippen LogP contribution < -0.4 is 5.32 Å². The van der Waals surface area contributed by atoms with Crippen LogP contribution in [-0.2, 0) is 0 Å². The van der Waals surface area contributed by atoms with Gasteiger partial charge in [-0.15, -0.1) is 0 Å². The van der Waals surface area contributed by atoms with Crippen LogP contribution in [0.3, 0.4) is 0 Å². The van der Waals surface area contributed by atoms with Crippen LogP contribution in [0.1, 0.15) is 61.5 Å². The molecular formula is C15H25N3. The summed E-state index contributed by atoms with van der Waals surface area (Å²) in [5.41, 5.74) is 3.44. The summed E-state index contributed by atoms with van der Waals surface area (Å²) in [4.78, 5) is 0. The molecule has 100 valence electrons. The highest BCUT2D eigenvalue weighted by atomic mass is 15.1. The molecule has 1 unspecified atom stereocenters. The van der Waals surface area contributed by atoms with E-state index in [1.165, 1.54) is 44.1 Å². The van der Waals surface area contributed by atoms with E-state index < -0.39 is 0 Å². The van der Waals surface area contributed by atoms with Crippen molar-refractivity contribution in [3.05, 3.63) is 23.0 Å². The zero-order chi connectivity index (χ0) is 13.0. The lowest BCUT2D eigenvalue weighted by atomic mass is 9.86. The average Bonchev–Trinajstić information content (AvgIpc) is 2.64. The fourth-order valence-electron chi connectivity index (χ4n) is 3.17. The maximum Gasteiger partial charge on any atom is 0.0648 e. The van der Waals surface area contributed by atoms with Gasteiger partial charge >= 0.3 is 0 Å². The summed E-state index contributed by atoms with van der Waals surface area (Å²) in [7, 11) is 2.07. The van der Waals surface area contributed by atoms with E-state index in [0.29, 0.717) is 6.04 Å². The molecule has 0 aliphatic heterocycles. The molecule has 1 aromatic heterocycles. The van der Waals surface area contributed by atoms with Gasteiger partial charge in [-0.2, -0.15) is 10.2 Å². The number of aromatic nitrogens is 2. The van der Waals surface area contributed by atoms with Crippen LogP contribution in [0.15, 0.2) is 6.07 Å². The van der Waals surface area contributed by atoms with Gasteiger partial charge in [0, 0.05) is 6.04 Å². The molecule has 3 nitrogen and oxygen atoms in total. The summed E-state index contributed by atoms with van der Waals surface area (Å²) in [6.07, 6.45) is 8.23. The Morgan fingerprint density at radius 3 is 2.39 bits per heavy atom. The van der Waals surface area contributed by atoms with E-state index in [2.05, 4.69) is 35.6 Å². The van der Waals surface area contributed by atoms with E-state index in [0.717, 1.165) is 17.3 Å². The topological polar surface area (TPSA) is 37.8 Å². The third-order valence-electron chi connectivity index (χ3n) is 4.16. The van der Waals surface area contributed by atoms with Crippen LogP contribution >= 0.6 is 0 Å². The number of nitrogens with zero attached hydrogens (tertiary/aromatic N) is 2. The molecule has 3 heteroatoms. The quantitative estimate of drug-likeness (QED) is 0.833. The van der Waals surface area contributed by atoms with Gasteiger partial charge in [-0.05, 0) is 51.3 Å². The minimum atomic E-state index is 0.442. The molecule has 0 radical (unpaired) electrons. The van der Waals surface area contributed by atoms with E-state index in [9.17, 15) is 0 Å². The Morgan fingerprint density at radius 1 is 1.11 bits per heavy atom. The molecule has 18 heavy (non-hydrogen) atoms. The van der Waals surface area contributed by atoms with Gasteiger partial charge < -0.3 is 5.32 Å². The minimum Gasteiger partial charge on any atom is -0.313 e. The Bertz CT molecular complexity index is 381. The summed E-state index contributed by atoms with van der Waals surface area (Å²) in [5, 5.41) is 11.9. The fourth-order valence-corrected chi connectivity index (χ4v) is 3.17. The van der Waals surface area contributed by atoms with Crippen LogP contribution in [0.2, 0.25) is 0 Å². The molecule has 1 aliphatic carbocycles. The summed E-state index contributed by atoms with van der Waals surface area (Å²) < 4.78 is 0. The lowest BCUT2D eigenvalue weighted by Gasteiger charge is -2.27. The first-order valence-corrected chi connectivity index (χ1v) is 7.20. The second-order valence-electron chi connectivity index (χ2n) is 5.54. The lowest BCUT2D eigenvalue weighted by molar-refractivity contribution is 0.339. The highest BCUT2D eigenvalue weighted by molar-refractivity contribution is 5.24. The molecule has 0 bridgehead atoms. The molecule has 1 fully saturated rings. The molecule has 1 N–H and O–H groups in total. The van der Waals surface area contributed by atoms with Crippen molar-refractivity contribution in [3.63, 3.8) is 0 Å². The van der Waals surface area contributed by atoms with Gasteiger partial charge in [0.1, 0.15) is 0 Å². The number of nitrogens with one attached hydrogen (secondary N) is 1. The Morgan fingerprint density at radius 2 is 1.78 bits per heavy atom. The summed E-state index contributed by atoms with van der Waals surface area (Å²) in [5.74, 6) is 0.750. The molecule has 1 heterocycles. The van der Waals surface area contributed by atoms with Crippen LogP contribution in [0, 0.1) is 19.8 Å².